The SMILES string of the molecule is CC(C)n1c(CC[C@@H](O)C[C@@H](O)CC(=O)[O-])c(-c2ccc(F)cc2)c(-c2ccc(F)cc2)c1C(=O)Nc1ccc(S(N)(=O)=O)cc1.[Na+]. The number of amides is 1. The molecule has 0 saturated heterocycles. The Labute approximate surface area is 293 Å². The Balaban J connectivity index is 0.00000600. The van der Waals surface area contributed by atoms with E-state index in [1.54, 1.807) is 16.7 Å². The molecule has 0 unspecified atom stereocenters. The average Bonchev–Trinajstić information content (AvgIpc) is 3.32. The molecule has 10 nitrogen and oxygen atoms in total. The van der Waals surface area contributed by atoms with Gasteiger partial charge in [-0.15, -0.1) is 0 Å². The number of sulfonamides is 1. The normalized spacial score (nSPS) is 12.8. The number of benzene rings is 3. The number of nitrogens with one attached hydrogen (secondary N) is 1. The predicted molar refractivity (Wildman–Crippen MR) is 166 cm³/mol. The molecule has 0 aliphatic rings. The summed E-state index contributed by atoms with van der Waals surface area (Å²) in [6.07, 6.45) is -3.10. The van der Waals surface area contributed by atoms with Gasteiger partial charge in [0, 0.05) is 40.9 Å². The second kappa shape index (κ2) is 16.1. The van der Waals surface area contributed by atoms with E-state index in [1.807, 2.05) is 13.8 Å². The van der Waals surface area contributed by atoms with E-state index in [2.05, 4.69) is 5.32 Å². The van der Waals surface area contributed by atoms with E-state index in [1.165, 1.54) is 60.7 Å². The summed E-state index contributed by atoms with van der Waals surface area (Å²) in [5.74, 6) is -3.04. The van der Waals surface area contributed by atoms with Gasteiger partial charge in [0.25, 0.3) is 5.91 Å². The third-order valence-electron chi connectivity index (χ3n) is 7.41. The predicted octanol–water partition coefficient (Wildman–Crippen LogP) is 0.769. The van der Waals surface area contributed by atoms with E-state index < -0.39 is 52.2 Å². The fourth-order valence-electron chi connectivity index (χ4n) is 5.43. The second-order valence-corrected chi connectivity index (χ2v) is 12.8. The molecule has 2 atom stereocenters. The first-order valence-electron chi connectivity index (χ1n) is 14.4. The van der Waals surface area contributed by atoms with E-state index in [4.69, 9.17) is 5.14 Å². The van der Waals surface area contributed by atoms with Gasteiger partial charge >= 0.3 is 29.6 Å². The van der Waals surface area contributed by atoms with Crippen LogP contribution in [-0.2, 0) is 21.2 Å². The van der Waals surface area contributed by atoms with Crippen LogP contribution in [0.2, 0.25) is 0 Å². The third-order valence-corrected chi connectivity index (χ3v) is 8.34. The molecule has 0 aliphatic carbocycles. The van der Waals surface area contributed by atoms with Crippen molar-refractivity contribution in [1.82, 2.24) is 4.57 Å². The zero-order chi connectivity index (χ0) is 33.8. The number of nitrogens with zero attached hydrogens (tertiary/aromatic N) is 1. The number of carboxylic acids is 1. The number of hydrogen-bond donors (Lipinski definition) is 4. The molecular weight excluding hydrogens is 643 g/mol. The summed E-state index contributed by atoms with van der Waals surface area (Å²) in [7, 11) is -3.97. The molecule has 4 rings (SSSR count). The van der Waals surface area contributed by atoms with Crippen molar-refractivity contribution in [2.45, 2.75) is 62.7 Å². The van der Waals surface area contributed by atoms with Gasteiger partial charge in [-0.25, -0.2) is 22.3 Å². The number of carbonyl (C=O) groups excluding carboxylic acids is 2. The summed E-state index contributed by atoms with van der Waals surface area (Å²) in [6, 6.07) is 16.0. The number of nitrogens with two attached hydrogens (primary N) is 1. The Hall–Kier alpha value is -3.43. The van der Waals surface area contributed by atoms with Crippen molar-refractivity contribution in [2.24, 2.45) is 5.14 Å². The van der Waals surface area contributed by atoms with Crippen LogP contribution in [-0.4, -0.2) is 47.3 Å². The van der Waals surface area contributed by atoms with Crippen LogP contribution in [0.25, 0.3) is 22.3 Å². The van der Waals surface area contributed by atoms with Gasteiger partial charge in [0.15, 0.2) is 0 Å². The fourth-order valence-corrected chi connectivity index (χ4v) is 5.95. The number of aliphatic hydroxyl groups excluding tert-OH is 2. The van der Waals surface area contributed by atoms with Crippen LogP contribution in [0, 0.1) is 11.6 Å². The molecular formula is C33H34F2N3NaO7S. The maximum atomic E-state index is 14.2. The van der Waals surface area contributed by atoms with Crippen LogP contribution in [0.1, 0.15) is 55.3 Å². The molecule has 14 heteroatoms. The van der Waals surface area contributed by atoms with E-state index in [0.29, 0.717) is 27.9 Å². The minimum absolute atomic E-state index is 0. The second-order valence-electron chi connectivity index (χ2n) is 11.2. The van der Waals surface area contributed by atoms with Crippen molar-refractivity contribution < 1.29 is 71.7 Å². The number of aliphatic hydroxyl groups is 2. The fraction of sp³-hybridized carbons (Fsp3) is 0.273. The quantitative estimate of drug-likeness (QED) is 0.151. The molecule has 1 aromatic heterocycles. The molecule has 244 valence electrons. The van der Waals surface area contributed by atoms with Gasteiger partial charge in [-0.05, 0) is 92.8 Å². The molecule has 0 bridgehead atoms. The van der Waals surface area contributed by atoms with Gasteiger partial charge in [0.05, 0.1) is 17.1 Å². The van der Waals surface area contributed by atoms with E-state index in [0.717, 1.165) is 0 Å². The van der Waals surface area contributed by atoms with Crippen molar-refractivity contribution >= 4 is 27.6 Å². The monoisotopic (exact) mass is 677 g/mol. The van der Waals surface area contributed by atoms with E-state index >= 15 is 0 Å². The zero-order valence-corrected chi connectivity index (χ0v) is 28.9. The molecule has 47 heavy (non-hydrogen) atoms. The number of halogens is 2. The summed E-state index contributed by atoms with van der Waals surface area (Å²) in [4.78, 5) is 24.9. The van der Waals surface area contributed by atoms with Gasteiger partial charge in [-0.2, -0.15) is 0 Å². The number of carbonyl (C=O) groups is 2. The van der Waals surface area contributed by atoms with Gasteiger partial charge in [0.2, 0.25) is 10.0 Å². The molecule has 0 fully saturated rings. The topological polar surface area (TPSA) is 175 Å². The first-order valence-corrected chi connectivity index (χ1v) is 16.0. The van der Waals surface area contributed by atoms with Crippen LogP contribution in [0.4, 0.5) is 14.5 Å². The maximum Gasteiger partial charge on any atom is 1.00 e. The number of primary sulfonamides is 1. The smallest absolute Gasteiger partial charge is 0.550 e. The molecule has 0 radical (unpaired) electrons. The largest absolute Gasteiger partial charge is 1.00 e. The molecule has 1 amide bonds. The summed E-state index contributed by atoms with van der Waals surface area (Å²) in [5, 5.41) is 39.6. The zero-order valence-electron chi connectivity index (χ0n) is 26.1. The van der Waals surface area contributed by atoms with E-state index in [9.17, 15) is 42.1 Å². The minimum Gasteiger partial charge on any atom is -0.550 e. The number of carboxylic acid groups (broad SMARTS) is 1. The van der Waals surface area contributed by atoms with Crippen LogP contribution >= 0.6 is 0 Å². The standard InChI is InChI=1S/C33H35F2N3O7S.Na/c1-19(2)38-28(16-13-25(39)17-26(40)18-29(41)42)30(20-3-7-22(34)8-4-20)31(21-5-9-23(35)10-6-21)32(38)33(43)37-24-11-14-27(15-12-24)46(36,44)45;/h3-12,14-15,19,25-26,39-40H,13,16-18H2,1-2H3,(H,37,43)(H,41,42)(H2,36,44,45);/q;+1/p-1/t25-,26-;/m1./s1. The summed E-state index contributed by atoms with van der Waals surface area (Å²) < 4.78 is 53.3. The van der Waals surface area contributed by atoms with Gasteiger partial charge < -0.3 is 30.0 Å². The van der Waals surface area contributed by atoms with Crippen molar-refractivity contribution in [3.8, 4) is 22.3 Å². The Morgan fingerprint density at radius 3 is 1.85 bits per heavy atom. The molecule has 0 spiro atoms. The molecule has 0 aliphatic heterocycles. The molecule has 3 aromatic carbocycles. The molecule has 0 saturated carbocycles. The molecule has 5 N–H and O–H groups in total. The van der Waals surface area contributed by atoms with Crippen molar-refractivity contribution in [2.75, 3.05) is 5.32 Å². The Morgan fingerprint density at radius 2 is 1.38 bits per heavy atom. The number of rotatable bonds is 13. The Morgan fingerprint density at radius 1 is 0.872 bits per heavy atom. The van der Waals surface area contributed by atoms with Gasteiger partial charge in [-0.1, -0.05) is 24.3 Å². The third kappa shape index (κ3) is 9.57. The van der Waals surface area contributed by atoms with Gasteiger partial charge in [-0.3, -0.25) is 4.79 Å². The van der Waals surface area contributed by atoms with Crippen LogP contribution in [0.15, 0.2) is 77.7 Å². The van der Waals surface area contributed by atoms with Crippen molar-refractivity contribution in [3.63, 3.8) is 0 Å². The minimum atomic E-state index is -3.97. The summed E-state index contributed by atoms with van der Waals surface area (Å²) in [5.41, 5.74) is 2.94. The maximum absolute atomic E-state index is 14.2. The van der Waals surface area contributed by atoms with Crippen LogP contribution in [0.5, 0.6) is 0 Å². The first kappa shape index (κ1) is 38.0. The molecule has 4 aromatic rings. The number of hydrogen-bond acceptors (Lipinski definition) is 7. The van der Waals surface area contributed by atoms with E-state index in [-0.39, 0.29) is 71.1 Å². The number of aromatic nitrogens is 1. The Kier molecular flexibility index (Phi) is 13.0. The van der Waals surface area contributed by atoms with Crippen molar-refractivity contribution in [3.05, 3.63) is 95.8 Å². The number of anilines is 1. The van der Waals surface area contributed by atoms with Crippen molar-refractivity contribution in [1.29, 1.82) is 0 Å². The first-order chi connectivity index (χ1) is 21.6. The summed E-state index contributed by atoms with van der Waals surface area (Å²) >= 11 is 0. The summed E-state index contributed by atoms with van der Waals surface area (Å²) in [6.45, 7) is 3.67. The number of aliphatic carboxylic acids is 1. The van der Waals surface area contributed by atoms with Gasteiger partial charge in [0.1, 0.15) is 17.3 Å². The van der Waals surface area contributed by atoms with Crippen LogP contribution < -0.4 is 45.1 Å². The Bertz CT molecular complexity index is 1810. The van der Waals surface area contributed by atoms with Crippen LogP contribution in [0.3, 0.4) is 0 Å². The molecule has 1 heterocycles. The average molecular weight is 678 g/mol.